The van der Waals surface area contributed by atoms with Gasteiger partial charge in [-0.3, -0.25) is 9.59 Å². The third-order valence-corrected chi connectivity index (χ3v) is 3.09. The smallest absolute Gasteiger partial charge is 0.222 e. The highest BCUT2D eigenvalue weighted by Gasteiger charge is 2.06. The summed E-state index contributed by atoms with van der Waals surface area (Å²) in [6.07, 6.45) is 8.33. The number of carbonyl (C=O) groups excluding carboxylic acids is 2. The zero-order valence-corrected chi connectivity index (χ0v) is 11.9. The second-order valence-corrected chi connectivity index (χ2v) is 4.90. The molecule has 0 saturated carbocycles. The molecule has 18 heavy (non-hydrogen) atoms. The number of primary amides is 1. The van der Waals surface area contributed by atoms with E-state index in [2.05, 4.69) is 6.92 Å². The van der Waals surface area contributed by atoms with Crippen LogP contribution in [-0.2, 0) is 9.59 Å². The Balaban J connectivity index is 3.37. The van der Waals surface area contributed by atoms with Gasteiger partial charge in [-0.15, -0.1) is 0 Å². The van der Waals surface area contributed by atoms with Gasteiger partial charge in [0, 0.05) is 26.4 Å². The molecule has 0 heterocycles. The van der Waals surface area contributed by atoms with Crippen molar-refractivity contribution in [3.05, 3.63) is 0 Å². The number of amides is 2. The van der Waals surface area contributed by atoms with E-state index in [-0.39, 0.29) is 11.8 Å². The van der Waals surface area contributed by atoms with E-state index in [1.807, 2.05) is 11.9 Å². The van der Waals surface area contributed by atoms with E-state index in [0.717, 1.165) is 51.5 Å². The fraction of sp³-hybridized carbons (Fsp3) is 0.857. The van der Waals surface area contributed by atoms with Gasteiger partial charge >= 0.3 is 0 Å². The Kier molecular flexibility index (Phi) is 10.4. The topological polar surface area (TPSA) is 63.4 Å². The van der Waals surface area contributed by atoms with Gasteiger partial charge in [0.1, 0.15) is 0 Å². The van der Waals surface area contributed by atoms with Gasteiger partial charge in [-0.05, 0) is 19.3 Å². The summed E-state index contributed by atoms with van der Waals surface area (Å²) in [5.41, 5.74) is 5.06. The minimum absolute atomic E-state index is 0.220. The maximum Gasteiger partial charge on any atom is 0.222 e. The lowest BCUT2D eigenvalue weighted by molar-refractivity contribution is -0.130. The molecule has 4 nitrogen and oxygen atoms in total. The number of hydrogen-bond donors (Lipinski definition) is 1. The minimum Gasteiger partial charge on any atom is -0.370 e. The standard InChI is InChI=1S/C14H28N2O2/c1-3-4-12-16(2)14(18)11-9-7-5-6-8-10-13(15)17/h3-12H2,1-2H3,(H2,15,17). The van der Waals surface area contributed by atoms with Crippen LogP contribution in [0.1, 0.15) is 64.7 Å². The fourth-order valence-corrected chi connectivity index (χ4v) is 1.82. The van der Waals surface area contributed by atoms with Crippen LogP contribution in [0.3, 0.4) is 0 Å². The predicted octanol–water partition coefficient (Wildman–Crippen LogP) is 2.46. The first-order chi connectivity index (χ1) is 8.57. The maximum absolute atomic E-state index is 11.7. The highest BCUT2D eigenvalue weighted by Crippen LogP contribution is 2.08. The zero-order valence-electron chi connectivity index (χ0n) is 11.9. The lowest BCUT2D eigenvalue weighted by Crippen LogP contribution is -2.27. The Hall–Kier alpha value is -1.06. The van der Waals surface area contributed by atoms with Crippen molar-refractivity contribution in [2.75, 3.05) is 13.6 Å². The van der Waals surface area contributed by atoms with Gasteiger partial charge in [-0.25, -0.2) is 0 Å². The third kappa shape index (κ3) is 10.1. The number of nitrogens with zero attached hydrogens (tertiary/aromatic N) is 1. The Morgan fingerprint density at radius 1 is 0.944 bits per heavy atom. The molecule has 106 valence electrons. The lowest BCUT2D eigenvalue weighted by atomic mass is 10.1. The molecule has 0 spiro atoms. The van der Waals surface area contributed by atoms with Gasteiger partial charge < -0.3 is 10.6 Å². The highest BCUT2D eigenvalue weighted by molar-refractivity contribution is 5.75. The molecule has 0 rings (SSSR count). The van der Waals surface area contributed by atoms with Crippen LogP contribution >= 0.6 is 0 Å². The molecule has 0 radical (unpaired) electrons. The van der Waals surface area contributed by atoms with Crippen molar-refractivity contribution in [1.29, 1.82) is 0 Å². The van der Waals surface area contributed by atoms with Gasteiger partial charge in [-0.1, -0.05) is 32.6 Å². The van der Waals surface area contributed by atoms with Gasteiger partial charge in [0.15, 0.2) is 0 Å². The Morgan fingerprint density at radius 3 is 2.06 bits per heavy atom. The molecule has 2 amide bonds. The van der Waals surface area contributed by atoms with Crippen molar-refractivity contribution in [1.82, 2.24) is 4.90 Å². The molecule has 0 atom stereocenters. The van der Waals surface area contributed by atoms with E-state index < -0.39 is 0 Å². The van der Waals surface area contributed by atoms with E-state index in [1.165, 1.54) is 0 Å². The molecule has 0 fully saturated rings. The van der Waals surface area contributed by atoms with Crippen LogP contribution in [0.2, 0.25) is 0 Å². The molecule has 0 aromatic carbocycles. The van der Waals surface area contributed by atoms with Crippen LogP contribution in [-0.4, -0.2) is 30.3 Å². The van der Waals surface area contributed by atoms with Gasteiger partial charge in [0.25, 0.3) is 0 Å². The van der Waals surface area contributed by atoms with Crippen LogP contribution in [0, 0.1) is 0 Å². The summed E-state index contributed by atoms with van der Waals surface area (Å²) in [5.74, 6) is 0.0308. The van der Waals surface area contributed by atoms with Crippen molar-refractivity contribution in [2.45, 2.75) is 64.7 Å². The normalized spacial score (nSPS) is 10.3. The van der Waals surface area contributed by atoms with Crippen molar-refractivity contribution in [2.24, 2.45) is 5.73 Å². The summed E-state index contributed by atoms with van der Waals surface area (Å²) in [7, 11) is 1.88. The molecule has 0 aliphatic rings. The maximum atomic E-state index is 11.7. The van der Waals surface area contributed by atoms with Crippen LogP contribution in [0.15, 0.2) is 0 Å². The average Bonchev–Trinajstić information content (AvgIpc) is 2.34. The van der Waals surface area contributed by atoms with Gasteiger partial charge in [0.2, 0.25) is 11.8 Å². The van der Waals surface area contributed by atoms with Crippen molar-refractivity contribution >= 4 is 11.8 Å². The highest BCUT2D eigenvalue weighted by atomic mass is 16.2. The summed E-state index contributed by atoms with van der Waals surface area (Å²) in [6.45, 7) is 3.00. The Bertz CT molecular complexity index is 242. The Morgan fingerprint density at radius 2 is 1.50 bits per heavy atom. The summed E-state index contributed by atoms with van der Waals surface area (Å²) in [6, 6.07) is 0. The first kappa shape index (κ1) is 16.9. The first-order valence-corrected chi connectivity index (χ1v) is 7.10. The lowest BCUT2D eigenvalue weighted by Gasteiger charge is -2.16. The predicted molar refractivity (Wildman–Crippen MR) is 74.1 cm³/mol. The molecule has 0 bridgehead atoms. The van der Waals surface area contributed by atoms with Gasteiger partial charge in [-0.2, -0.15) is 0 Å². The molecular formula is C14H28N2O2. The fourth-order valence-electron chi connectivity index (χ4n) is 1.82. The largest absolute Gasteiger partial charge is 0.370 e. The first-order valence-electron chi connectivity index (χ1n) is 7.10. The van der Waals surface area contributed by atoms with E-state index in [1.54, 1.807) is 0 Å². The Labute approximate surface area is 111 Å². The molecule has 0 unspecified atom stereocenters. The molecule has 0 saturated heterocycles. The molecule has 0 aliphatic carbocycles. The van der Waals surface area contributed by atoms with Crippen LogP contribution in [0.5, 0.6) is 0 Å². The monoisotopic (exact) mass is 256 g/mol. The number of hydrogen-bond acceptors (Lipinski definition) is 2. The second-order valence-electron chi connectivity index (χ2n) is 4.90. The van der Waals surface area contributed by atoms with Crippen molar-refractivity contribution in [3.8, 4) is 0 Å². The second kappa shape index (κ2) is 11.1. The van der Waals surface area contributed by atoms with Crippen molar-refractivity contribution in [3.63, 3.8) is 0 Å². The van der Waals surface area contributed by atoms with Crippen molar-refractivity contribution < 1.29 is 9.59 Å². The molecular weight excluding hydrogens is 228 g/mol. The average molecular weight is 256 g/mol. The van der Waals surface area contributed by atoms with Crippen LogP contribution in [0.4, 0.5) is 0 Å². The molecule has 0 aromatic rings. The zero-order chi connectivity index (χ0) is 13.8. The van der Waals surface area contributed by atoms with E-state index >= 15 is 0 Å². The van der Waals surface area contributed by atoms with E-state index in [0.29, 0.717) is 12.8 Å². The molecule has 0 aromatic heterocycles. The molecule has 2 N–H and O–H groups in total. The summed E-state index contributed by atoms with van der Waals surface area (Å²) in [5, 5.41) is 0. The third-order valence-electron chi connectivity index (χ3n) is 3.09. The van der Waals surface area contributed by atoms with Crippen LogP contribution < -0.4 is 5.73 Å². The molecule has 4 heteroatoms. The minimum atomic E-state index is -0.220. The van der Waals surface area contributed by atoms with E-state index in [9.17, 15) is 9.59 Å². The number of unbranched alkanes of at least 4 members (excludes halogenated alkanes) is 5. The number of rotatable bonds is 11. The quantitative estimate of drug-likeness (QED) is 0.577. The molecule has 0 aliphatic heterocycles. The number of carbonyl (C=O) groups is 2. The SMILES string of the molecule is CCCCN(C)C(=O)CCCCCCCC(N)=O. The summed E-state index contributed by atoms with van der Waals surface area (Å²) in [4.78, 5) is 24.0. The van der Waals surface area contributed by atoms with Crippen LogP contribution in [0.25, 0.3) is 0 Å². The number of nitrogens with two attached hydrogens (primary N) is 1. The summed E-state index contributed by atoms with van der Waals surface area (Å²) < 4.78 is 0. The summed E-state index contributed by atoms with van der Waals surface area (Å²) >= 11 is 0. The van der Waals surface area contributed by atoms with E-state index in [4.69, 9.17) is 5.73 Å². The van der Waals surface area contributed by atoms with Gasteiger partial charge in [0.05, 0.1) is 0 Å².